The van der Waals surface area contributed by atoms with Gasteiger partial charge in [-0.15, -0.1) is 0 Å². The highest BCUT2D eigenvalue weighted by molar-refractivity contribution is 6.31. The van der Waals surface area contributed by atoms with Crippen LogP contribution in [-0.2, 0) is 15.1 Å². The van der Waals surface area contributed by atoms with Crippen molar-refractivity contribution in [2.75, 3.05) is 12.0 Å². The predicted octanol–water partition coefficient (Wildman–Crippen LogP) is 4.04. The van der Waals surface area contributed by atoms with Crippen molar-refractivity contribution in [1.29, 1.82) is 0 Å². The molecule has 1 spiro atoms. The van der Waals surface area contributed by atoms with Crippen molar-refractivity contribution in [2.45, 2.75) is 25.4 Å². The Morgan fingerprint density at radius 2 is 1.72 bits per heavy atom. The molecular formula is C30H25ClN4O4. The van der Waals surface area contributed by atoms with Gasteiger partial charge in [0.2, 0.25) is 11.8 Å². The average Bonchev–Trinajstić information content (AvgIpc) is 3.52. The van der Waals surface area contributed by atoms with Crippen LogP contribution in [0.25, 0.3) is 16.6 Å². The molecule has 0 aliphatic carbocycles. The quantitative estimate of drug-likeness (QED) is 0.394. The molecule has 2 saturated heterocycles. The van der Waals surface area contributed by atoms with Gasteiger partial charge in [0.15, 0.2) is 0 Å². The molecule has 7 rings (SSSR count). The summed E-state index contributed by atoms with van der Waals surface area (Å²) in [5, 5.41) is 4.57. The molecule has 2 unspecified atom stereocenters. The Bertz CT molecular complexity index is 1780. The van der Waals surface area contributed by atoms with E-state index >= 15 is 0 Å². The number of amides is 2. The van der Waals surface area contributed by atoms with Crippen LogP contribution in [0.2, 0.25) is 5.02 Å². The second-order valence-corrected chi connectivity index (χ2v) is 11.1. The number of hydrogen-bond donors (Lipinski definition) is 1. The zero-order chi connectivity index (χ0) is 27.2. The van der Waals surface area contributed by atoms with Crippen LogP contribution in [-0.4, -0.2) is 34.5 Å². The third kappa shape index (κ3) is 2.98. The van der Waals surface area contributed by atoms with Gasteiger partial charge in [-0.05, 0) is 42.3 Å². The van der Waals surface area contributed by atoms with Crippen molar-refractivity contribution >= 4 is 40.0 Å². The Balaban J connectivity index is 1.53. The lowest BCUT2D eigenvalue weighted by Crippen LogP contribution is -2.51. The van der Waals surface area contributed by atoms with E-state index in [1.54, 1.807) is 34.9 Å². The van der Waals surface area contributed by atoms with Crippen LogP contribution in [0.1, 0.15) is 25.2 Å². The molecule has 3 aliphatic rings. The molecule has 3 aromatic carbocycles. The Kier molecular flexibility index (Phi) is 5.09. The molecule has 39 heavy (non-hydrogen) atoms. The number of benzene rings is 3. The van der Waals surface area contributed by atoms with Crippen LogP contribution in [0.15, 0.2) is 71.5 Å². The van der Waals surface area contributed by atoms with E-state index in [4.69, 9.17) is 21.3 Å². The second kappa shape index (κ2) is 8.24. The molecule has 4 aromatic rings. The summed E-state index contributed by atoms with van der Waals surface area (Å²) in [6, 6.07) is 19.2. The molecule has 3 aliphatic heterocycles. The van der Waals surface area contributed by atoms with Crippen LogP contribution < -0.4 is 20.5 Å². The zero-order valence-electron chi connectivity index (χ0n) is 21.5. The van der Waals surface area contributed by atoms with Crippen molar-refractivity contribution < 1.29 is 14.3 Å². The first-order valence-corrected chi connectivity index (χ1v) is 13.3. The number of halogens is 1. The van der Waals surface area contributed by atoms with Gasteiger partial charge in [0.25, 0.3) is 5.56 Å². The van der Waals surface area contributed by atoms with Crippen LogP contribution in [0.3, 0.4) is 0 Å². The minimum Gasteiger partial charge on any atom is -0.495 e. The average molecular weight is 541 g/mol. The first-order chi connectivity index (χ1) is 18.8. The lowest BCUT2D eigenvalue weighted by atomic mass is 9.75. The summed E-state index contributed by atoms with van der Waals surface area (Å²) in [6.45, 7) is 4.05. The first kappa shape index (κ1) is 24.1. The topological polar surface area (TPSA) is 93.5 Å². The molecule has 2 fully saturated rings. The van der Waals surface area contributed by atoms with Crippen molar-refractivity contribution in [3.63, 3.8) is 0 Å². The van der Waals surface area contributed by atoms with Gasteiger partial charge < -0.3 is 4.74 Å². The molecule has 9 heteroatoms. The number of fused-ring (bicyclic) bond motifs is 8. The third-order valence-electron chi connectivity index (χ3n) is 8.40. The Morgan fingerprint density at radius 3 is 2.49 bits per heavy atom. The number of methoxy groups -OCH3 is 1. The molecule has 0 saturated carbocycles. The number of imide groups is 1. The van der Waals surface area contributed by atoms with Crippen LogP contribution >= 0.6 is 11.6 Å². The molecule has 196 valence electrons. The van der Waals surface area contributed by atoms with Gasteiger partial charge in [0, 0.05) is 16.6 Å². The zero-order valence-corrected chi connectivity index (χ0v) is 22.3. The number of carbonyl (C=O) groups is 2. The van der Waals surface area contributed by atoms with Crippen molar-refractivity contribution in [1.82, 2.24) is 14.9 Å². The summed E-state index contributed by atoms with van der Waals surface area (Å²) in [4.78, 5) is 48.8. The fourth-order valence-electron chi connectivity index (χ4n) is 6.80. The van der Waals surface area contributed by atoms with E-state index in [1.807, 2.05) is 50.2 Å². The summed E-state index contributed by atoms with van der Waals surface area (Å²) in [6.07, 6.45) is 0. The number of rotatable bonds is 3. The van der Waals surface area contributed by atoms with E-state index in [9.17, 15) is 14.4 Å². The summed E-state index contributed by atoms with van der Waals surface area (Å²) in [5.41, 5.74) is 0.859. The van der Waals surface area contributed by atoms with Gasteiger partial charge in [-0.25, -0.2) is 9.88 Å². The van der Waals surface area contributed by atoms with Crippen LogP contribution in [0.5, 0.6) is 5.75 Å². The maximum atomic E-state index is 14.5. The van der Waals surface area contributed by atoms with Gasteiger partial charge in [0.05, 0.1) is 41.2 Å². The number of ether oxygens (including phenoxy) is 1. The molecule has 1 N–H and O–H groups in total. The summed E-state index contributed by atoms with van der Waals surface area (Å²) in [5.74, 6) is -1.45. The van der Waals surface area contributed by atoms with E-state index in [2.05, 4.69) is 5.32 Å². The van der Waals surface area contributed by atoms with Gasteiger partial charge in [-0.1, -0.05) is 55.8 Å². The van der Waals surface area contributed by atoms with Crippen molar-refractivity contribution in [3.05, 3.63) is 93.5 Å². The van der Waals surface area contributed by atoms with E-state index in [1.165, 1.54) is 12.0 Å². The Labute approximate surface area is 229 Å². The molecule has 2 amide bonds. The standard InChI is InChI=1S/C30H25ClN4O4/c1-15(2)25-23-24(28(38)34(27(23)37)21-14-16(31)12-13-22(21)39-3)30(33-25)18-9-5-7-11-20(18)35-26(36)17-8-4-6-10-19(17)32-29(30)35/h4-15,23-25,33H,1-3H3/t23-,24-,25?,30?/m1/s1. The Hall–Kier alpha value is -4.01. The number of aromatic nitrogens is 2. The normalized spacial score (nSPS) is 25.1. The Morgan fingerprint density at radius 1 is 0.974 bits per heavy atom. The maximum Gasteiger partial charge on any atom is 0.266 e. The van der Waals surface area contributed by atoms with Crippen molar-refractivity contribution in [3.8, 4) is 11.4 Å². The van der Waals surface area contributed by atoms with Crippen LogP contribution in [0.4, 0.5) is 5.69 Å². The first-order valence-electron chi connectivity index (χ1n) is 12.9. The van der Waals surface area contributed by atoms with Gasteiger partial charge in [0.1, 0.15) is 17.1 Å². The van der Waals surface area contributed by atoms with E-state index < -0.39 is 17.4 Å². The predicted molar refractivity (Wildman–Crippen MR) is 147 cm³/mol. The summed E-state index contributed by atoms with van der Waals surface area (Å²) in [7, 11) is 1.49. The molecule has 0 bridgehead atoms. The monoisotopic (exact) mass is 540 g/mol. The fraction of sp³-hybridized carbons (Fsp3) is 0.267. The lowest BCUT2D eigenvalue weighted by molar-refractivity contribution is -0.123. The third-order valence-corrected chi connectivity index (χ3v) is 8.63. The van der Waals surface area contributed by atoms with E-state index in [0.717, 1.165) is 5.56 Å². The lowest BCUT2D eigenvalue weighted by Gasteiger charge is -2.32. The molecule has 8 nitrogen and oxygen atoms in total. The van der Waals surface area contributed by atoms with Crippen molar-refractivity contribution in [2.24, 2.45) is 17.8 Å². The van der Waals surface area contributed by atoms with Gasteiger partial charge >= 0.3 is 0 Å². The molecular weight excluding hydrogens is 516 g/mol. The van der Waals surface area contributed by atoms with Gasteiger partial charge in [-0.3, -0.25) is 24.3 Å². The number of para-hydroxylation sites is 2. The number of anilines is 1. The minimum atomic E-state index is -1.19. The highest BCUT2D eigenvalue weighted by Crippen LogP contribution is 2.57. The number of nitrogens with one attached hydrogen (secondary N) is 1. The molecule has 0 radical (unpaired) electrons. The van der Waals surface area contributed by atoms with E-state index in [-0.39, 0.29) is 29.3 Å². The summed E-state index contributed by atoms with van der Waals surface area (Å²) < 4.78 is 7.12. The molecule has 1 aromatic heterocycles. The number of hydrogen-bond acceptors (Lipinski definition) is 6. The maximum absolute atomic E-state index is 14.5. The second-order valence-electron chi connectivity index (χ2n) is 10.7. The minimum absolute atomic E-state index is 0.00298. The largest absolute Gasteiger partial charge is 0.495 e. The smallest absolute Gasteiger partial charge is 0.266 e. The number of carbonyl (C=O) groups excluding carboxylic acids is 2. The molecule has 4 heterocycles. The summed E-state index contributed by atoms with van der Waals surface area (Å²) >= 11 is 6.31. The molecule has 4 atom stereocenters. The highest BCUT2D eigenvalue weighted by atomic mass is 35.5. The van der Waals surface area contributed by atoms with Crippen LogP contribution in [0, 0.1) is 17.8 Å². The number of nitrogens with zero attached hydrogens (tertiary/aromatic N) is 3. The highest BCUT2D eigenvalue weighted by Gasteiger charge is 2.70. The van der Waals surface area contributed by atoms with Gasteiger partial charge in [-0.2, -0.15) is 0 Å². The van der Waals surface area contributed by atoms with E-state index in [0.29, 0.717) is 38.9 Å². The fourth-order valence-corrected chi connectivity index (χ4v) is 6.97. The SMILES string of the molecule is COc1ccc(Cl)cc1N1C(=O)[C@H]2C(C(C)C)NC3(c4ccccc4-n4c3nc3ccccc3c4=O)[C@H]2C1=O.